The summed E-state index contributed by atoms with van der Waals surface area (Å²) in [6.07, 6.45) is 1.59. The summed E-state index contributed by atoms with van der Waals surface area (Å²) in [5, 5.41) is 7.25. The molecule has 0 aliphatic carbocycles. The van der Waals surface area contributed by atoms with E-state index in [9.17, 15) is 0 Å². The third-order valence-electron chi connectivity index (χ3n) is 4.28. The van der Waals surface area contributed by atoms with Crippen molar-refractivity contribution in [2.24, 2.45) is 0 Å². The van der Waals surface area contributed by atoms with Crippen molar-refractivity contribution in [1.29, 1.82) is 0 Å². The van der Waals surface area contributed by atoms with E-state index in [1.807, 2.05) is 24.3 Å². The Morgan fingerprint density at radius 1 is 1.00 bits per heavy atom. The molecule has 2 aromatic heterocycles. The van der Waals surface area contributed by atoms with Crippen molar-refractivity contribution in [2.75, 3.05) is 5.32 Å². The second-order valence-electron chi connectivity index (χ2n) is 5.99. The van der Waals surface area contributed by atoms with E-state index in [1.165, 1.54) is 16.7 Å². The molecule has 0 aliphatic rings. The Kier molecular flexibility index (Phi) is 5.47. The Balaban J connectivity index is 0.00000196. The van der Waals surface area contributed by atoms with Crippen LogP contribution in [0.3, 0.4) is 0 Å². The normalized spacial score (nSPS) is 10.6. The lowest BCUT2D eigenvalue weighted by atomic mass is 10.0. The lowest BCUT2D eigenvalue weighted by Crippen LogP contribution is -1.95. The van der Waals surface area contributed by atoms with Gasteiger partial charge in [0.2, 0.25) is 0 Å². The maximum Gasteiger partial charge on any atom is 0.143 e. The van der Waals surface area contributed by atoms with Gasteiger partial charge in [0.05, 0.1) is 5.39 Å². The van der Waals surface area contributed by atoms with E-state index in [4.69, 9.17) is 11.6 Å². The van der Waals surface area contributed by atoms with Gasteiger partial charge in [-0.1, -0.05) is 35.9 Å². The van der Waals surface area contributed by atoms with Crippen molar-refractivity contribution in [3.63, 3.8) is 0 Å². The lowest BCUT2D eigenvalue weighted by molar-refractivity contribution is 1.23. The smallest absolute Gasteiger partial charge is 0.143 e. The summed E-state index contributed by atoms with van der Waals surface area (Å²) in [6, 6.07) is 14.2. The van der Waals surface area contributed by atoms with Crippen LogP contribution in [0.15, 0.2) is 54.2 Å². The van der Waals surface area contributed by atoms with Crippen LogP contribution >= 0.6 is 35.3 Å². The fourth-order valence-corrected chi connectivity index (χ4v) is 3.90. The first kappa shape index (κ1) is 18.6. The molecule has 1 N–H and O–H groups in total. The summed E-state index contributed by atoms with van der Waals surface area (Å²) in [4.78, 5) is 9.87. The van der Waals surface area contributed by atoms with Gasteiger partial charge in [-0.3, -0.25) is 0 Å². The quantitative estimate of drug-likeness (QED) is 0.410. The average molecular weight is 402 g/mol. The second kappa shape index (κ2) is 7.62. The van der Waals surface area contributed by atoms with Crippen molar-refractivity contribution in [1.82, 2.24) is 9.97 Å². The van der Waals surface area contributed by atoms with Crippen molar-refractivity contribution in [2.45, 2.75) is 13.8 Å². The van der Waals surface area contributed by atoms with Gasteiger partial charge in [0, 0.05) is 21.7 Å². The molecule has 3 nitrogen and oxygen atoms in total. The van der Waals surface area contributed by atoms with Gasteiger partial charge >= 0.3 is 0 Å². The summed E-state index contributed by atoms with van der Waals surface area (Å²) in [5.74, 6) is 0.793. The van der Waals surface area contributed by atoms with E-state index in [0.717, 1.165) is 27.3 Å². The molecule has 132 valence electrons. The SMILES string of the molecule is Cc1ccc(-c2csc3ncnc(Nc4cccc(Cl)c4)c23)cc1C.Cl. The van der Waals surface area contributed by atoms with Gasteiger partial charge in [-0.15, -0.1) is 23.7 Å². The molecule has 0 saturated carbocycles. The van der Waals surface area contributed by atoms with Gasteiger partial charge in [0.25, 0.3) is 0 Å². The Morgan fingerprint density at radius 3 is 2.62 bits per heavy atom. The largest absolute Gasteiger partial charge is 0.340 e. The van der Waals surface area contributed by atoms with Crippen molar-refractivity contribution >= 4 is 57.1 Å². The van der Waals surface area contributed by atoms with E-state index in [0.29, 0.717) is 5.02 Å². The van der Waals surface area contributed by atoms with E-state index in [1.54, 1.807) is 17.7 Å². The van der Waals surface area contributed by atoms with Crippen LogP contribution in [-0.4, -0.2) is 9.97 Å². The lowest BCUT2D eigenvalue weighted by Gasteiger charge is -2.09. The molecule has 2 heterocycles. The maximum atomic E-state index is 6.10. The number of halogens is 2. The molecule has 0 fully saturated rings. The molecule has 2 aromatic carbocycles. The van der Waals surface area contributed by atoms with Crippen LogP contribution in [0.25, 0.3) is 21.3 Å². The highest BCUT2D eigenvalue weighted by atomic mass is 35.5. The van der Waals surface area contributed by atoms with Gasteiger partial charge in [0.1, 0.15) is 17.0 Å². The highest BCUT2D eigenvalue weighted by Crippen LogP contribution is 2.38. The summed E-state index contributed by atoms with van der Waals surface area (Å²) >= 11 is 7.73. The van der Waals surface area contributed by atoms with Crippen LogP contribution in [0.5, 0.6) is 0 Å². The van der Waals surface area contributed by atoms with Crippen molar-refractivity contribution in [3.05, 3.63) is 70.3 Å². The molecule has 0 unspecified atom stereocenters. The Labute approximate surface area is 167 Å². The Hall–Kier alpha value is -2.14. The number of hydrogen-bond donors (Lipinski definition) is 1. The molecule has 4 rings (SSSR count). The minimum Gasteiger partial charge on any atom is -0.340 e. The topological polar surface area (TPSA) is 37.8 Å². The monoisotopic (exact) mass is 401 g/mol. The van der Waals surface area contributed by atoms with Gasteiger partial charge in [0.15, 0.2) is 0 Å². The van der Waals surface area contributed by atoms with Crippen LogP contribution in [0.2, 0.25) is 5.02 Å². The second-order valence-corrected chi connectivity index (χ2v) is 7.28. The molecule has 0 atom stereocenters. The zero-order valence-electron chi connectivity index (χ0n) is 14.3. The molecular formula is C20H17Cl2N3S. The maximum absolute atomic E-state index is 6.10. The molecule has 26 heavy (non-hydrogen) atoms. The standard InChI is InChI=1S/C20H16ClN3S.ClH/c1-12-6-7-14(8-13(12)2)17-10-25-20-18(17)19(22-11-23-20)24-16-5-3-4-15(21)9-16;/h3-11H,1-2H3,(H,22,23,24);1H. The van der Waals surface area contributed by atoms with Crippen LogP contribution in [-0.2, 0) is 0 Å². The van der Waals surface area contributed by atoms with Gasteiger partial charge in [-0.2, -0.15) is 0 Å². The fraction of sp³-hybridized carbons (Fsp3) is 0.100. The number of anilines is 2. The number of benzene rings is 2. The highest BCUT2D eigenvalue weighted by molar-refractivity contribution is 7.17. The molecule has 0 bridgehead atoms. The number of nitrogens with one attached hydrogen (secondary N) is 1. The summed E-state index contributed by atoms with van der Waals surface area (Å²) < 4.78 is 0. The predicted octanol–water partition coefficient (Wildman–Crippen LogP) is 6.79. The van der Waals surface area contributed by atoms with Gasteiger partial charge in [-0.25, -0.2) is 9.97 Å². The molecular weight excluding hydrogens is 385 g/mol. The number of fused-ring (bicyclic) bond motifs is 1. The van der Waals surface area contributed by atoms with E-state index < -0.39 is 0 Å². The Morgan fingerprint density at radius 2 is 1.85 bits per heavy atom. The molecule has 0 aliphatic heterocycles. The number of hydrogen-bond acceptors (Lipinski definition) is 4. The van der Waals surface area contributed by atoms with E-state index in [2.05, 4.69) is 52.7 Å². The van der Waals surface area contributed by atoms with E-state index >= 15 is 0 Å². The Bertz CT molecular complexity index is 1080. The average Bonchev–Trinajstić information content (AvgIpc) is 3.03. The van der Waals surface area contributed by atoms with Crippen molar-refractivity contribution < 1.29 is 0 Å². The predicted molar refractivity (Wildman–Crippen MR) is 114 cm³/mol. The summed E-state index contributed by atoms with van der Waals surface area (Å²) in [5.41, 5.74) is 5.80. The molecule has 0 amide bonds. The van der Waals surface area contributed by atoms with Crippen LogP contribution in [0.4, 0.5) is 11.5 Å². The minimum atomic E-state index is 0. The number of thiophene rings is 1. The van der Waals surface area contributed by atoms with E-state index in [-0.39, 0.29) is 12.4 Å². The third-order valence-corrected chi connectivity index (χ3v) is 5.40. The minimum absolute atomic E-state index is 0. The molecule has 0 spiro atoms. The number of aromatic nitrogens is 2. The number of rotatable bonds is 3. The van der Waals surface area contributed by atoms with Gasteiger partial charge in [-0.05, 0) is 48.7 Å². The first-order chi connectivity index (χ1) is 12.1. The fourth-order valence-electron chi connectivity index (χ4n) is 2.79. The van der Waals surface area contributed by atoms with Gasteiger partial charge < -0.3 is 5.32 Å². The summed E-state index contributed by atoms with van der Waals surface area (Å²) in [6.45, 7) is 4.26. The van der Waals surface area contributed by atoms with Crippen LogP contribution in [0.1, 0.15) is 11.1 Å². The zero-order chi connectivity index (χ0) is 17.4. The number of aryl methyl sites for hydroxylation is 2. The molecule has 4 aromatic rings. The first-order valence-electron chi connectivity index (χ1n) is 7.94. The summed E-state index contributed by atoms with van der Waals surface area (Å²) in [7, 11) is 0. The highest BCUT2D eigenvalue weighted by Gasteiger charge is 2.14. The third kappa shape index (κ3) is 3.54. The number of nitrogens with zero attached hydrogens (tertiary/aromatic N) is 2. The van der Waals surface area contributed by atoms with Crippen LogP contribution in [0, 0.1) is 13.8 Å². The first-order valence-corrected chi connectivity index (χ1v) is 9.20. The molecule has 0 radical (unpaired) electrons. The zero-order valence-corrected chi connectivity index (χ0v) is 16.7. The van der Waals surface area contributed by atoms with Crippen molar-refractivity contribution in [3.8, 4) is 11.1 Å². The van der Waals surface area contributed by atoms with Crippen LogP contribution < -0.4 is 5.32 Å². The molecule has 0 saturated heterocycles. The molecule has 6 heteroatoms.